The van der Waals surface area contributed by atoms with E-state index in [1.165, 1.54) is 0 Å². The Balaban J connectivity index is 1.20. The first-order chi connectivity index (χ1) is 18.5. The molecule has 2 aliphatic heterocycles. The van der Waals surface area contributed by atoms with Gasteiger partial charge in [0.15, 0.2) is 9.84 Å². The van der Waals surface area contributed by atoms with Gasteiger partial charge in [-0.05, 0) is 35.2 Å². The Hall–Kier alpha value is -2.81. The molecule has 0 unspecified atom stereocenters. The maximum atomic E-state index is 13.0. The van der Waals surface area contributed by atoms with Gasteiger partial charge in [-0.1, -0.05) is 85.5 Å². The van der Waals surface area contributed by atoms with Crippen LogP contribution in [0.15, 0.2) is 96.4 Å². The maximum Gasteiger partial charge on any atom is 0.178 e. The third kappa shape index (κ3) is 6.60. The van der Waals surface area contributed by atoms with Crippen LogP contribution in [0.25, 0.3) is 6.08 Å². The van der Waals surface area contributed by atoms with E-state index in [0.29, 0.717) is 37.6 Å². The standard InChI is InChI=1S/C31H34O6S/c1-2-23-14-9-15-27(18-23)38(32,33)17-16-26-19-28-31(36-26)30(35-21-25-12-7-4-8-13-25)29(37-28)22-34-20-24-10-5-3-6-11-24/h2-15,18,26,28-31H,1,16-17,19-22H2/t26-,28+,29-,30-,31-/m1/s1. The van der Waals surface area contributed by atoms with Gasteiger partial charge in [-0.3, -0.25) is 0 Å². The Morgan fingerprint density at radius 3 is 2.32 bits per heavy atom. The first kappa shape index (κ1) is 26.8. The first-order valence-corrected chi connectivity index (χ1v) is 14.7. The summed E-state index contributed by atoms with van der Waals surface area (Å²) in [6.07, 6.45) is 1.48. The van der Waals surface area contributed by atoms with Gasteiger partial charge in [0.2, 0.25) is 0 Å². The zero-order valence-corrected chi connectivity index (χ0v) is 22.2. The first-order valence-electron chi connectivity index (χ1n) is 13.1. The minimum atomic E-state index is -3.43. The van der Waals surface area contributed by atoms with E-state index in [4.69, 9.17) is 18.9 Å². The normalized spacial score (nSPS) is 24.8. The average molecular weight is 535 g/mol. The molecule has 7 heteroatoms. The van der Waals surface area contributed by atoms with Gasteiger partial charge < -0.3 is 18.9 Å². The zero-order chi connectivity index (χ0) is 26.4. The minimum absolute atomic E-state index is 0.0108. The van der Waals surface area contributed by atoms with Crippen LogP contribution in [-0.2, 0) is 42.0 Å². The summed E-state index contributed by atoms with van der Waals surface area (Å²) < 4.78 is 51.0. The third-order valence-electron chi connectivity index (χ3n) is 7.09. The Bertz CT molecular complexity index is 1290. The molecule has 5 atom stereocenters. The van der Waals surface area contributed by atoms with Gasteiger partial charge in [0.1, 0.15) is 18.3 Å². The maximum absolute atomic E-state index is 13.0. The molecule has 2 fully saturated rings. The summed E-state index contributed by atoms with van der Waals surface area (Å²) in [4.78, 5) is 0.309. The van der Waals surface area contributed by atoms with E-state index >= 15 is 0 Å². The topological polar surface area (TPSA) is 71.1 Å². The van der Waals surface area contributed by atoms with Crippen molar-refractivity contribution in [1.29, 1.82) is 0 Å². The van der Waals surface area contributed by atoms with Crippen molar-refractivity contribution in [1.82, 2.24) is 0 Å². The van der Waals surface area contributed by atoms with E-state index in [2.05, 4.69) is 6.58 Å². The van der Waals surface area contributed by atoms with Crippen LogP contribution < -0.4 is 0 Å². The Kier molecular flexibility index (Phi) is 8.72. The average Bonchev–Trinajstić information content (AvgIpc) is 3.49. The molecular formula is C31H34O6S. The van der Waals surface area contributed by atoms with Crippen LogP contribution in [0.4, 0.5) is 0 Å². The van der Waals surface area contributed by atoms with E-state index in [0.717, 1.165) is 16.7 Å². The van der Waals surface area contributed by atoms with Crippen LogP contribution in [0, 0.1) is 0 Å². The second-order valence-corrected chi connectivity index (χ2v) is 11.9. The third-order valence-corrected chi connectivity index (χ3v) is 8.84. The molecule has 0 spiro atoms. The van der Waals surface area contributed by atoms with Gasteiger partial charge in [-0.15, -0.1) is 0 Å². The van der Waals surface area contributed by atoms with Crippen molar-refractivity contribution in [3.8, 4) is 0 Å². The lowest BCUT2D eigenvalue weighted by molar-refractivity contribution is -0.101. The van der Waals surface area contributed by atoms with Crippen molar-refractivity contribution >= 4 is 15.9 Å². The Morgan fingerprint density at radius 1 is 0.895 bits per heavy atom. The van der Waals surface area contributed by atoms with E-state index < -0.39 is 9.84 Å². The molecule has 0 radical (unpaired) electrons. The molecule has 3 aromatic carbocycles. The predicted octanol–water partition coefficient (Wildman–Crippen LogP) is 5.22. The van der Waals surface area contributed by atoms with Crippen molar-refractivity contribution in [2.24, 2.45) is 0 Å². The summed E-state index contributed by atoms with van der Waals surface area (Å²) >= 11 is 0. The van der Waals surface area contributed by atoms with Gasteiger partial charge in [0.25, 0.3) is 0 Å². The lowest BCUT2D eigenvalue weighted by Crippen LogP contribution is -2.37. The van der Waals surface area contributed by atoms with Crippen molar-refractivity contribution in [2.45, 2.75) is 61.5 Å². The summed E-state index contributed by atoms with van der Waals surface area (Å²) in [7, 11) is -3.43. The summed E-state index contributed by atoms with van der Waals surface area (Å²) in [6.45, 7) is 5.06. The van der Waals surface area contributed by atoms with Gasteiger partial charge in [0.05, 0.1) is 42.7 Å². The second kappa shape index (κ2) is 12.4. The lowest BCUT2D eigenvalue weighted by Gasteiger charge is -2.24. The lowest BCUT2D eigenvalue weighted by atomic mass is 10.1. The Morgan fingerprint density at radius 2 is 1.61 bits per heavy atom. The van der Waals surface area contributed by atoms with Crippen molar-refractivity contribution in [3.63, 3.8) is 0 Å². The molecule has 2 aliphatic rings. The Labute approximate surface area is 225 Å². The molecular weight excluding hydrogens is 500 g/mol. The van der Waals surface area contributed by atoms with E-state index in [1.54, 1.807) is 24.3 Å². The van der Waals surface area contributed by atoms with Crippen molar-refractivity contribution in [2.75, 3.05) is 12.4 Å². The highest BCUT2D eigenvalue weighted by atomic mass is 32.2. The summed E-state index contributed by atoms with van der Waals surface area (Å²) in [6, 6.07) is 26.9. The fourth-order valence-corrected chi connectivity index (χ4v) is 6.50. The van der Waals surface area contributed by atoms with Gasteiger partial charge in [-0.25, -0.2) is 8.42 Å². The molecule has 38 heavy (non-hydrogen) atoms. The number of benzene rings is 3. The number of hydrogen-bond acceptors (Lipinski definition) is 6. The molecule has 5 rings (SSSR count). The minimum Gasteiger partial charge on any atom is -0.374 e. The molecule has 0 bridgehead atoms. The molecule has 200 valence electrons. The van der Waals surface area contributed by atoms with Crippen LogP contribution in [0.2, 0.25) is 0 Å². The largest absolute Gasteiger partial charge is 0.374 e. The van der Waals surface area contributed by atoms with Gasteiger partial charge >= 0.3 is 0 Å². The number of fused-ring (bicyclic) bond motifs is 1. The molecule has 0 N–H and O–H groups in total. The van der Waals surface area contributed by atoms with Gasteiger partial charge in [-0.2, -0.15) is 0 Å². The highest BCUT2D eigenvalue weighted by Gasteiger charge is 2.51. The summed E-state index contributed by atoms with van der Waals surface area (Å²) in [5, 5.41) is 0. The fourth-order valence-electron chi connectivity index (χ4n) is 5.09. The quantitative estimate of drug-likeness (QED) is 0.317. The molecule has 0 saturated carbocycles. The van der Waals surface area contributed by atoms with E-state index in [-0.39, 0.29) is 36.3 Å². The summed E-state index contributed by atoms with van der Waals surface area (Å²) in [5.41, 5.74) is 2.95. The molecule has 2 heterocycles. The van der Waals surface area contributed by atoms with Crippen LogP contribution >= 0.6 is 0 Å². The van der Waals surface area contributed by atoms with Crippen molar-refractivity contribution < 1.29 is 27.4 Å². The van der Waals surface area contributed by atoms with E-state index in [9.17, 15) is 8.42 Å². The highest BCUT2D eigenvalue weighted by molar-refractivity contribution is 7.91. The number of hydrogen-bond donors (Lipinski definition) is 0. The zero-order valence-electron chi connectivity index (χ0n) is 21.4. The second-order valence-electron chi connectivity index (χ2n) is 9.82. The molecule has 0 aliphatic carbocycles. The van der Waals surface area contributed by atoms with Gasteiger partial charge in [0, 0.05) is 6.42 Å². The van der Waals surface area contributed by atoms with E-state index in [1.807, 2.05) is 66.7 Å². The number of sulfone groups is 1. The summed E-state index contributed by atoms with van der Waals surface area (Å²) in [5.74, 6) is 0.0108. The molecule has 0 amide bonds. The van der Waals surface area contributed by atoms with Crippen molar-refractivity contribution in [3.05, 3.63) is 108 Å². The van der Waals surface area contributed by atoms with Crippen LogP contribution in [-0.4, -0.2) is 51.3 Å². The SMILES string of the molecule is C=Cc1cccc(S(=O)(=O)CC[C@@H]2C[C@@H]3O[C@H](COCc4ccccc4)[C@@H](OCc4ccccc4)[C@@H]3O2)c1. The van der Waals surface area contributed by atoms with Crippen LogP contribution in [0.5, 0.6) is 0 Å². The fraction of sp³-hybridized carbons (Fsp3) is 0.355. The molecule has 6 nitrogen and oxygen atoms in total. The van der Waals surface area contributed by atoms with Crippen LogP contribution in [0.3, 0.4) is 0 Å². The molecule has 2 saturated heterocycles. The monoisotopic (exact) mass is 534 g/mol. The number of ether oxygens (including phenoxy) is 4. The molecule has 0 aromatic heterocycles. The number of rotatable bonds is 12. The molecule has 3 aromatic rings. The predicted molar refractivity (Wildman–Crippen MR) is 146 cm³/mol. The van der Waals surface area contributed by atoms with Crippen LogP contribution in [0.1, 0.15) is 29.5 Å². The smallest absolute Gasteiger partial charge is 0.178 e. The highest BCUT2D eigenvalue weighted by Crippen LogP contribution is 2.38.